The molecule has 0 spiro atoms. The second-order valence-electron chi connectivity index (χ2n) is 6.90. The molecule has 0 radical (unpaired) electrons. The molecule has 1 saturated carbocycles. The number of carbonyl (C=O) groups excluding carboxylic acids is 4. The van der Waals surface area contributed by atoms with E-state index >= 15 is 0 Å². The maximum absolute atomic E-state index is 12.3. The first-order valence-corrected chi connectivity index (χ1v) is 8.90. The highest BCUT2D eigenvalue weighted by Crippen LogP contribution is 2.37. The number of nitrogens with zero attached hydrogens (tertiary/aromatic N) is 1. The van der Waals surface area contributed by atoms with Crippen molar-refractivity contribution in [3.63, 3.8) is 0 Å². The van der Waals surface area contributed by atoms with E-state index in [1.165, 1.54) is 4.90 Å². The Morgan fingerprint density at radius 1 is 1.12 bits per heavy atom. The molecule has 2 aliphatic rings. The van der Waals surface area contributed by atoms with Crippen LogP contribution in [0.2, 0.25) is 0 Å². The van der Waals surface area contributed by atoms with E-state index in [1.807, 2.05) is 0 Å². The third kappa shape index (κ3) is 3.49. The van der Waals surface area contributed by atoms with Crippen LogP contribution in [0.5, 0.6) is 0 Å². The zero-order valence-corrected chi connectivity index (χ0v) is 15.0. The van der Waals surface area contributed by atoms with Crippen LogP contribution in [0.15, 0.2) is 10.5 Å². The molecule has 1 saturated heterocycles. The Bertz CT molecular complexity index is 730. The van der Waals surface area contributed by atoms with Gasteiger partial charge in [-0.1, -0.05) is 12.8 Å². The van der Waals surface area contributed by atoms with Gasteiger partial charge in [-0.2, -0.15) is 0 Å². The van der Waals surface area contributed by atoms with Gasteiger partial charge in [0.25, 0.3) is 5.91 Å². The molecule has 0 unspecified atom stereocenters. The van der Waals surface area contributed by atoms with Gasteiger partial charge in [0.1, 0.15) is 11.5 Å². The monoisotopic (exact) mass is 361 g/mol. The molecule has 2 fully saturated rings. The van der Waals surface area contributed by atoms with Crippen molar-refractivity contribution in [1.29, 1.82) is 0 Å². The van der Waals surface area contributed by atoms with Crippen molar-refractivity contribution in [3.05, 3.63) is 23.2 Å². The average Bonchev–Trinajstić information content (AvgIpc) is 3.08. The van der Waals surface area contributed by atoms with Crippen LogP contribution in [0.25, 0.3) is 0 Å². The molecule has 0 aromatic carbocycles. The number of fused-ring (bicyclic) bond motifs is 1. The van der Waals surface area contributed by atoms with E-state index in [-0.39, 0.29) is 36.6 Å². The number of aryl methyl sites for hydroxylation is 2. The second-order valence-corrected chi connectivity index (χ2v) is 6.90. The van der Waals surface area contributed by atoms with E-state index in [4.69, 9.17) is 4.42 Å². The fourth-order valence-electron chi connectivity index (χ4n) is 3.78. The van der Waals surface area contributed by atoms with Gasteiger partial charge >= 0.3 is 0 Å². The molecule has 8 nitrogen and oxygen atoms in total. The van der Waals surface area contributed by atoms with Crippen molar-refractivity contribution in [2.45, 2.75) is 46.0 Å². The van der Waals surface area contributed by atoms with Gasteiger partial charge in [-0.05, 0) is 32.8 Å². The van der Waals surface area contributed by atoms with Crippen molar-refractivity contribution in [2.24, 2.45) is 11.8 Å². The maximum Gasteiger partial charge on any atom is 0.273 e. The number of rotatable bonds is 4. The molecule has 140 valence electrons. The molecular formula is C18H23N3O5. The number of furan rings is 1. The van der Waals surface area contributed by atoms with Crippen molar-refractivity contribution in [1.82, 2.24) is 15.8 Å². The Labute approximate surface area is 151 Å². The Hall–Kier alpha value is -2.64. The second kappa shape index (κ2) is 7.31. The topological polar surface area (TPSA) is 109 Å². The van der Waals surface area contributed by atoms with Crippen LogP contribution in [0.3, 0.4) is 0 Å². The van der Waals surface area contributed by atoms with Gasteiger partial charge < -0.3 is 4.42 Å². The zero-order valence-electron chi connectivity index (χ0n) is 15.0. The van der Waals surface area contributed by atoms with Crippen LogP contribution in [-0.2, 0) is 14.4 Å². The molecule has 4 amide bonds. The van der Waals surface area contributed by atoms with E-state index in [0.717, 1.165) is 25.7 Å². The van der Waals surface area contributed by atoms with Gasteiger partial charge in [0.05, 0.1) is 17.4 Å². The summed E-state index contributed by atoms with van der Waals surface area (Å²) in [5.41, 5.74) is 4.96. The van der Waals surface area contributed by atoms with E-state index in [9.17, 15) is 19.2 Å². The van der Waals surface area contributed by atoms with Gasteiger partial charge in [-0.15, -0.1) is 0 Å². The summed E-state index contributed by atoms with van der Waals surface area (Å²) >= 11 is 0. The number of carbonyl (C=O) groups is 4. The summed E-state index contributed by atoms with van der Waals surface area (Å²) < 4.78 is 5.27. The number of hydrogen-bond donors (Lipinski definition) is 2. The first-order valence-electron chi connectivity index (χ1n) is 8.90. The Kier molecular flexibility index (Phi) is 5.11. The molecule has 1 aromatic rings. The summed E-state index contributed by atoms with van der Waals surface area (Å²) in [4.78, 5) is 49.9. The Balaban J connectivity index is 1.48. The third-order valence-corrected chi connectivity index (χ3v) is 5.10. The molecular weight excluding hydrogens is 338 g/mol. The van der Waals surface area contributed by atoms with Crippen molar-refractivity contribution < 1.29 is 23.6 Å². The smallest absolute Gasteiger partial charge is 0.273 e. The van der Waals surface area contributed by atoms with Crippen molar-refractivity contribution in [3.8, 4) is 0 Å². The van der Waals surface area contributed by atoms with Crippen LogP contribution in [0.1, 0.15) is 54.0 Å². The number of likely N-dealkylation sites (tertiary alicyclic amines) is 1. The summed E-state index contributed by atoms with van der Waals surface area (Å²) in [7, 11) is 0. The first-order chi connectivity index (χ1) is 12.4. The minimum Gasteiger partial charge on any atom is -0.466 e. The molecule has 1 aromatic heterocycles. The largest absolute Gasteiger partial charge is 0.466 e. The normalized spacial score (nSPS) is 22.3. The molecule has 26 heavy (non-hydrogen) atoms. The highest BCUT2D eigenvalue weighted by molar-refractivity contribution is 6.05. The molecule has 0 bridgehead atoms. The molecule has 8 heteroatoms. The molecule has 1 aliphatic carbocycles. The minimum atomic E-state index is -0.480. The van der Waals surface area contributed by atoms with Gasteiger partial charge in [0.2, 0.25) is 17.7 Å². The lowest BCUT2D eigenvalue weighted by Gasteiger charge is -2.19. The predicted octanol–water partition coefficient (Wildman–Crippen LogP) is 1.22. The fraction of sp³-hybridized carbons (Fsp3) is 0.556. The highest BCUT2D eigenvalue weighted by Gasteiger charge is 2.47. The number of hydrazine groups is 1. The molecule has 3 rings (SSSR count). The number of hydrogen-bond acceptors (Lipinski definition) is 5. The van der Waals surface area contributed by atoms with Crippen LogP contribution in [0.4, 0.5) is 0 Å². The summed E-state index contributed by atoms with van der Waals surface area (Å²) in [6.07, 6.45) is 3.37. The van der Waals surface area contributed by atoms with Gasteiger partial charge in [0.15, 0.2) is 0 Å². The summed E-state index contributed by atoms with van der Waals surface area (Å²) in [6, 6.07) is 1.58. The van der Waals surface area contributed by atoms with Crippen LogP contribution in [-0.4, -0.2) is 35.1 Å². The standard InChI is InChI=1S/C18H23N3O5/c1-10-9-14(11(2)26-10)16(23)20-19-15(22)7-8-21-17(24)12-5-3-4-6-13(12)18(21)25/h9,12-13H,3-8H2,1-2H3,(H,19,22)(H,20,23)/t12-,13-/m1/s1. The average molecular weight is 361 g/mol. The summed E-state index contributed by atoms with van der Waals surface area (Å²) in [5, 5.41) is 0. The van der Waals surface area contributed by atoms with E-state index in [2.05, 4.69) is 10.9 Å². The van der Waals surface area contributed by atoms with Gasteiger partial charge in [-0.25, -0.2) is 0 Å². The Morgan fingerprint density at radius 3 is 2.27 bits per heavy atom. The highest BCUT2D eigenvalue weighted by atomic mass is 16.3. The third-order valence-electron chi connectivity index (χ3n) is 5.10. The van der Waals surface area contributed by atoms with E-state index in [0.29, 0.717) is 17.1 Å². The molecule has 2 atom stereocenters. The zero-order chi connectivity index (χ0) is 18.8. The molecule has 2 heterocycles. The predicted molar refractivity (Wildman–Crippen MR) is 90.6 cm³/mol. The maximum atomic E-state index is 12.3. The van der Waals surface area contributed by atoms with E-state index < -0.39 is 11.8 Å². The number of amides is 4. The fourth-order valence-corrected chi connectivity index (χ4v) is 3.78. The lowest BCUT2D eigenvalue weighted by Crippen LogP contribution is -2.43. The minimum absolute atomic E-state index is 0.0379. The van der Waals surface area contributed by atoms with Crippen LogP contribution in [0, 0.1) is 25.7 Å². The first kappa shape index (κ1) is 18.2. The summed E-state index contributed by atoms with van der Waals surface area (Å²) in [6.45, 7) is 3.42. The number of imide groups is 1. The number of nitrogens with one attached hydrogen (secondary N) is 2. The lowest BCUT2D eigenvalue weighted by molar-refractivity contribution is -0.140. The van der Waals surface area contributed by atoms with Gasteiger partial charge in [0, 0.05) is 13.0 Å². The lowest BCUT2D eigenvalue weighted by atomic mass is 9.81. The molecule has 1 aliphatic heterocycles. The van der Waals surface area contributed by atoms with Crippen LogP contribution < -0.4 is 10.9 Å². The van der Waals surface area contributed by atoms with Crippen molar-refractivity contribution >= 4 is 23.6 Å². The van der Waals surface area contributed by atoms with Crippen LogP contribution >= 0.6 is 0 Å². The van der Waals surface area contributed by atoms with Gasteiger partial charge in [-0.3, -0.25) is 34.9 Å². The quantitative estimate of drug-likeness (QED) is 0.619. The molecule has 2 N–H and O–H groups in total. The van der Waals surface area contributed by atoms with Crippen molar-refractivity contribution in [2.75, 3.05) is 6.54 Å². The van der Waals surface area contributed by atoms with E-state index in [1.54, 1.807) is 19.9 Å². The SMILES string of the molecule is Cc1cc(C(=O)NNC(=O)CCN2C(=O)[C@@H]3CCCC[C@H]3C2=O)c(C)o1. The Morgan fingerprint density at radius 2 is 1.73 bits per heavy atom. The summed E-state index contributed by atoms with van der Waals surface area (Å²) in [5.74, 6) is -0.643.